The molecule has 1 N–H and O–H groups in total. The number of nitrogens with zero attached hydrogens (tertiary/aromatic N) is 2. The molecule has 0 aliphatic carbocycles. The van der Waals surface area contributed by atoms with Gasteiger partial charge in [0, 0.05) is 13.1 Å². The van der Waals surface area contributed by atoms with E-state index in [4.69, 9.17) is 11.6 Å². The first-order chi connectivity index (χ1) is 8.74. The number of piperidine rings is 1. The van der Waals surface area contributed by atoms with Crippen LogP contribution in [0.1, 0.15) is 26.2 Å². The monoisotopic (exact) mass is 267 g/mol. The first-order valence-electron chi connectivity index (χ1n) is 6.83. The summed E-state index contributed by atoms with van der Waals surface area (Å²) in [5.74, 6) is 1.50. The SMILES string of the molecule is CC(CNc1cccc(Cl)n1)CN1CCCCC1. The first kappa shape index (κ1) is 13.6. The van der Waals surface area contributed by atoms with Crippen LogP contribution in [0.4, 0.5) is 5.82 Å². The Hall–Kier alpha value is -0.800. The number of nitrogens with one attached hydrogen (secondary N) is 1. The summed E-state index contributed by atoms with van der Waals surface area (Å²) in [5, 5.41) is 3.90. The minimum atomic E-state index is 0.545. The Kier molecular flexibility index (Phi) is 5.26. The van der Waals surface area contributed by atoms with Gasteiger partial charge in [0.2, 0.25) is 0 Å². The number of aromatic nitrogens is 1. The molecule has 18 heavy (non-hydrogen) atoms. The van der Waals surface area contributed by atoms with Gasteiger partial charge in [0.05, 0.1) is 0 Å². The van der Waals surface area contributed by atoms with Crippen LogP contribution >= 0.6 is 11.6 Å². The van der Waals surface area contributed by atoms with Gasteiger partial charge in [-0.2, -0.15) is 0 Å². The summed E-state index contributed by atoms with van der Waals surface area (Å²) in [6.45, 7) is 6.93. The smallest absolute Gasteiger partial charge is 0.131 e. The highest BCUT2D eigenvalue weighted by molar-refractivity contribution is 6.29. The van der Waals surface area contributed by atoms with Crippen LogP contribution in [0.25, 0.3) is 0 Å². The molecular weight excluding hydrogens is 246 g/mol. The quantitative estimate of drug-likeness (QED) is 0.830. The first-order valence-corrected chi connectivity index (χ1v) is 7.20. The molecule has 1 aliphatic heterocycles. The molecular formula is C14H22ClN3. The molecule has 0 amide bonds. The third-order valence-corrected chi connectivity index (χ3v) is 3.58. The molecule has 1 saturated heterocycles. The van der Waals surface area contributed by atoms with Gasteiger partial charge in [-0.15, -0.1) is 0 Å². The normalized spacial score (nSPS) is 18.6. The summed E-state index contributed by atoms with van der Waals surface area (Å²) in [6, 6.07) is 5.68. The van der Waals surface area contributed by atoms with Crippen LogP contribution in [0, 0.1) is 5.92 Å². The van der Waals surface area contributed by atoms with Crippen molar-refractivity contribution in [3.8, 4) is 0 Å². The van der Waals surface area contributed by atoms with Crippen molar-refractivity contribution in [1.82, 2.24) is 9.88 Å². The molecule has 100 valence electrons. The second kappa shape index (κ2) is 6.95. The lowest BCUT2D eigenvalue weighted by molar-refractivity contribution is 0.204. The van der Waals surface area contributed by atoms with E-state index in [2.05, 4.69) is 22.1 Å². The van der Waals surface area contributed by atoms with Gasteiger partial charge in [-0.3, -0.25) is 0 Å². The lowest BCUT2D eigenvalue weighted by atomic mass is 10.1. The highest BCUT2D eigenvalue weighted by Crippen LogP contribution is 2.12. The van der Waals surface area contributed by atoms with E-state index in [1.54, 1.807) is 6.07 Å². The standard InChI is InChI=1S/C14H22ClN3/c1-12(11-18-8-3-2-4-9-18)10-16-14-7-5-6-13(15)17-14/h5-7,12H,2-4,8-11H2,1H3,(H,16,17). The largest absolute Gasteiger partial charge is 0.370 e. The van der Waals surface area contributed by atoms with E-state index in [-0.39, 0.29) is 0 Å². The summed E-state index contributed by atoms with van der Waals surface area (Å²) < 4.78 is 0. The van der Waals surface area contributed by atoms with Crippen LogP contribution in [0.3, 0.4) is 0 Å². The molecule has 1 fully saturated rings. The average Bonchev–Trinajstić information content (AvgIpc) is 2.38. The van der Waals surface area contributed by atoms with Crippen LogP contribution in [0.5, 0.6) is 0 Å². The van der Waals surface area contributed by atoms with Gasteiger partial charge in [0.15, 0.2) is 0 Å². The summed E-state index contributed by atoms with van der Waals surface area (Å²) in [7, 11) is 0. The summed E-state index contributed by atoms with van der Waals surface area (Å²) in [4.78, 5) is 6.80. The molecule has 2 rings (SSSR count). The molecule has 0 spiro atoms. The van der Waals surface area contributed by atoms with Gasteiger partial charge in [0.25, 0.3) is 0 Å². The fraction of sp³-hybridized carbons (Fsp3) is 0.643. The number of anilines is 1. The number of likely N-dealkylation sites (tertiary alicyclic amines) is 1. The molecule has 4 heteroatoms. The van der Waals surface area contributed by atoms with Crippen molar-refractivity contribution >= 4 is 17.4 Å². The van der Waals surface area contributed by atoms with E-state index in [1.807, 2.05) is 12.1 Å². The van der Waals surface area contributed by atoms with E-state index in [1.165, 1.54) is 38.9 Å². The minimum absolute atomic E-state index is 0.545. The third-order valence-electron chi connectivity index (χ3n) is 3.37. The predicted molar refractivity (Wildman–Crippen MR) is 77.2 cm³/mol. The van der Waals surface area contributed by atoms with Crippen molar-refractivity contribution in [3.05, 3.63) is 23.4 Å². The molecule has 0 bridgehead atoms. The third kappa shape index (κ3) is 4.46. The molecule has 0 aromatic carbocycles. The van der Waals surface area contributed by atoms with E-state index in [9.17, 15) is 0 Å². The molecule has 3 nitrogen and oxygen atoms in total. The maximum atomic E-state index is 5.86. The molecule has 1 unspecified atom stereocenters. The van der Waals surface area contributed by atoms with Gasteiger partial charge in [-0.1, -0.05) is 31.0 Å². The fourth-order valence-corrected chi connectivity index (χ4v) is 2.60. The molecule has 1 atom stereocenters. The van der Waals surface area contributed by atoms with Crippen molar-refractivity contribution < 1.29 is 0 Å². The van der Waals surface area contributed by atoms with E-state index < -0.39 is 0 Å². The molecule has 0 saturated carbocycles. The lowest BCUT2D eigenvalue weighted by Gasteiger charge is -2.29. The van der Waals surface area contributed by atoms with Crippen molar-refractivity contribution in [3.63, 3.8) is 0 Å². The summed E-state index contributed by atoms with van der Waals surface area (Å²) in [6.07, 6.45) is 4.11. The summed E-state index contributed by atoms with van der Waals surface area (Å²) in [5.41, 5.74) is 0. The molecule has 2 heterocycles. The van der Waals surface area contributed by atoms with Gasteiger partial charge >= 0.3 is 0 Å². The van der Waals surface area contributed by atoms with E-state index in [0.717, 1.165) is 12.4 Å². The van der Waals surface area contributed by atoms with Gasteiger partial charge in [-0.25, -0.2) is 4.98 Å². The Morgan fingerprint density at radius 3 is 2.83 bits per heavy atom. The molecule has 0 radical (unpaired) electrons. The number of pyridine rings is 1. The summed E-state index contributed by atoms with van der Waals surface area (Å²) >= 11 is 5.86. The second-order valence-electron chi connectivity index (χ2n) is 5.19. The highest BCUT2D eigenvalue weighted by Gasteiger charge is 2.13. The highest BCUT2D eigenvalue weighted by atomic mass is 35.5. The fourth-order valence-electron chi connectivity index (χ4n) is 2.43. The van der Waals surface area contributed by atoms with Crippen molar-refractivity contribution in [2.45, 2.75) is 26.2 Å². The van der Waals surface area contributed by atoms with Crippen LogP contribution in [0.2, 0.25) is 5.15 Å². The Morgan fingerprint density at radius 2 is 2.11 bits per heavy atom. The van der Waals surface area contributed by atoms with Crippen molar-refractivity contribution in [1.29, 1.82) is 0 Å². The molecule has 1 aliphatic rings. The van der Waals surface area contributed by atoms with Crippen molar-refractivity contribution in [2.75, 3.05) is 31.5 Å². The average molecular weight is 268 g/mol. The minimum Gasteiger partial charge on any atom is -0.370 e. The maximum Gasteiger partial charge on any atom is 0.131 e. The predicted octanol–water partition coefficient (Wildman–Crippen LogP) is 3.27. The molecule has 1 aromatic rings. The number of hydrogen-bond donors (Lipinski definition) is 1. The van der Waals surface area contributed by atoms with Crippen LogP contribution in [-0.2, 0) is 0 Å². The van der Waals surface area contributed by atoms with Crippen LogP contribution < -0.4 is 5.32 Å². The zero-order valence-corrected chi connectivity index (χ0v) is 11.8. The zero-order valence-electron chi connectivity index (χ0n) is 11.0. The Morgan fingerprint density at radius 1 is 1.33 bits per heavy atom. The van der Waals surface area contributed by atoms with E-state index >= 15 is 0 Å². The maximum absolute atomic E-state index is 5.86. The molecule has 1 aromatic heterocycles. The van der Waals surface area contributed by atoms with Crippen molar-refractivity contribution in [2.24, 2.45) is 5.92 Å². The van der Waals surface area contributed by atoms with Crippen LogP contribution in [-0.4, -0.2) is 36.1 Å². The van der Waals surface area contributed by atoms with Gasteiger partial charge < -0.3 is 10.2 Å². The Bertz CT molecular complexity index is 364. The topological polar surface area (TPSA) is 28.2 Å². The van der Waals surface area contributed by atoms with E-state index in [0.29, 0.717) is 11.1 Å². The Labute approximate surface area is 115 Å². The Balaban J connectivity index is 1.72. The number of halogens is 1. The zero-order chi connectivity index (χ0) is 12.8. The van der Waals surface area contributed by atoms with Gasteiger partial charge in [0.1, 0.15) is 11.0 Å². The second-order valence-corrected chi connectivity index (χ2v) is 5.58. The number of rotatable bonds is 5. The van der Waals surface area contributed by atoms with Crippen LogP contribution in [0.15, 0.2) is 18.2 Å². The lowest BCUT2D eigenvalue weighted by Crippen LogP contribution is -2.35. The number of hydrogen-bond acceptors (Lipinski definition) is 3. The van der Waals surface area contributed by atoms with Gasteiger partial charge in [-0.05, 0) is 44.0 Å².